The summed E-state index contributed by atoms with van der Waals surface area (Å²) in [5, 5.41) is 13.3. The second-order valence-electron chi connectivity index (χ2n) is 6.04. The van der Waals surface area contributed by atoms with E-state index in [1.165, 1.54) is 41.8 Å². The van der Waals surface area contributed by atoms with Crippen molar-refractivity contribution in [1.29, 1.82) is 0 Å². The molecule has 3 rings (SSSR count). The van der Waals surface area contributed by atoms with Crippen LogP contribution < -0.4 is 5.32 Å². The standard InChI is InChI=1S/C19H18FN5O3S/c1-11(19(27)28-3)29-17-7-5-4-6-14(17)18(26)21-13-8-9-15(20)16(10-13)25-12(2)22-23-24-25/h4-11H,1-3H3,(H,21,26). The van der Waals surface area contributed by atoms with E-state index < -0.39 is 17.0 Å². The lowest BCUT2D eigenvalue weighted by molar-refractivity contribution is -0.139. The minimum atomic E-state index is -0.527. The average molecular weight is 415 g/mol. The quantitative estimate of drug-likeness (QED) is 0.488. The van der Waals surface area contributed by atoms with Gasteiger partial charge in [0.05, 0.1) is 12.7 Å². The zero-order valence-electron chi connectivity index (χ0n) is 15.9. The molecular weight excluding hydrogens is 397 g/mol. The number of thioether (sulfide) groups is 1. The molecule has 10 heteroatoms. The molecule has 1 atom stereocenters. The number of benzene rings is 2. The van der Waals surface area contributed by atoms with Gasteiger partial charge >= 0.3 is 5.97 Å². The van der Waals surface area contributed by atoms with Gasteiger partial charge in [-0.2, -0.15) is 4.68 Å². The fourth-order valence-electron chi connectivity index (χ4n) is 2.57. The maximum atomic E-state index is 14.2. The summed E-state index contributed by atoms with van der Waals surface area (Å²) in [5.41, 5.74) is 0.882. The van der Waals surface area contributed by atoms with Crippen LogP contribution in [-0.2, 0) is 9.53 Å². The SMILES string of the molecule is COC(=O)C(C)Sc1ccccc1C(=O)Nc1ccc(F)c(-n2nnnc2C)c1. The summed E-state index contributed by atoms with van der Waals surface area (Å²) < 4.78 is 20.2. The van der Waals surface area contributed by atoms with Gasteiger partial charge in [-0.3, -0.25) is 9.59 Å². The van der Waals surface area contributed by atoms with E-state index in [9.17, 15) is 14.0 Å². The topological polar surface area (TPSA) is 99.0 Å². The number of hydrogen-bond donors (Lipinski definition) is 1. The molecule has 1 aromatic heterocycles. The van der Waals surface area contributed by atoms with Crippen molar-refractivity contribution in [2.75, 3.05) is 12.4 Å². The van der Waals surface area contributed by atoms with Gasteiger partial charge in [0.2, 0.25) is 0 Å². The number of esters is 1. The van der Waals surface area contributed by atoms with Crippen molar-refractivity contribution in [2.45, 2.75) is 24.0 Å². The molecule has 1 heterocycles. The van der Waals surface area contributed by atoms with Crippen LogP contribution in [0.5, 0.6) is 0 Å². The molecule has 0 saturated carbocycles. The molecule has 0 aliphatic heterocycles. The highest BCUT2D eigenvalue weighted by Crippen LogP contribution is 2.28. The van der Waals surface area contributed by atoms with E-state index in [4.69, 9.17) is 4.74 Å². The van der Waals surface area contributed by atoms with Gasteiger partial charge in [-0.05, 0) is 54.6 Å². The lowest BCUT2D eigenvalue weighted by Gasteiger charge is -2.13. The van der Waals surface area contributed by atoms with Crippen LogP contribution in [0.15, 0.2) is 47.4 Å². The van der Waals surface area contributed by atoms with Crippen molar-refractivity contribution in [3.8, 4) is 5.69 Å². The molecule has 29 heavy (non-hydrogen) atoms. The number of aryl methyl sites for hydroxylation is 1. The van der Waals surface area contributed by atoms with Gasteiger partial charge in [0.15, 0.2) is 5.82 Å². The van der Waals surface area contributed by atoms with Crippen molar-refractivity contribution in [2.24, 2.45) is 0 Å². The fraction of sp³-hybridized carbons (Fsp3) is 0.211. The van der Waals surface area contributed by atoms with Gasteiger partial charge in [0, 0.05) is 10.6 Å². The number of aromatic nitrogens is 4. The van der Waals surface area contributed by atoms with Gasteiger partial charge in [-0.25, -0.2) is 4.39 Å². The van der Waals surface area contributed by atoms with Crippen LogP contribution in [0.1, 0.15) is 23.1 Å². The second-order valence-corrected chi connectivity index (χ2v) is 7.42. The number of methoxy groups -OCH3 is 1. The first-order chi connectivity index (χ1) is 13.9. The Hall–Kier alpha value is -3.27. The van der Waals surface area contributed by atoms with Gasteiger partial charge in [0.25, 0.3) is 5.91 Å². The summed E-state index contributed by atoms with van der Waals surface area (Å²) in [5.74, 6) is -0.895. The molecule has 0 aliphatic rings. The Labute approximate surface area is 170 Å². The minimum absolute atomic E-state index is 0.118. The molecule has 3 aromatic rings. The van der Waals surface area contributed by atoms with Gasteiger partial charge in [0.1, 0.15) is 16.8 Å². The number of tetrazole rings is 1. The highest BCUT2D eigenvalue weighted by Gasteiger charge is 2.19. The lowest BCUT2D eigenvalue weighted by Crippen LogP contribution is -2.17. The molecule has 2 aromatic carbocycles. The number of amides is 1. The Kier molecular flexibility index (Phi) is 6.23. The first-order valence-corrected chi connectivity index (χ1v) is 9.48. The van der Waals surface area contributed by atoms with Crippen LogP contribution in [0.4, 0.5) is 10.1 Å². The van der Waals surface area contributed by atoms with E-state index in [-0.39, 0.29) is 11.7 Å². The van der Waals surface area contributed by atoms with E-state index in [0.29, 0.717) is 22.0 Å². The lowest BCUT2D eigenvalue weighted by atomic mass is 10.2. The Balaban J connectivity index is 1.85. The average Bonchev–Trinajstić information content (AvgIpc) is 3.14. The Morgan fingerprint density at radius 1 is 1.24 bits per heavy atom. The van der Waals surface area contributed by atoms with Crippen LogP contribution in [0, 0.1) is 12.7 Å². The minimum Gasteiger partial charge on any atom is -0.468 e. The van der Waals surface area contributed by atoms with Gasteiger partial charge < -0.3 is 10.1 Å². The van der Waals surface area contributed by atoms with Gasteiger partial charge in [-0.15, -0.1) is 16.9 Å². The Morgan fingerprint density at radius 3 is 2.69 bits per heavy atom. The molecule has 8 nitrogen and oxygen atoms in total. The molecule has 0 aliphatic carbocycles. The summed E-state index contributed by atoms with van der Waals surface area (Å²) in [6.07, 6.45) is 0. The summed E-state index contributed by atoms with van der Waals surface area (Å²) in [6.45, 7) is 3.34. The highest BCUT2D eigenvalue weighted by molar-refractivity contribution is 8.00. The van der Waals surface area contributed by atoms with Crippen LogP contribution in [0.3, 0.4) is 0 Å². The van der Waals surface area contributed by atoms with Crippen molar-refractivity contribution >= 4 is 29.3 Å². The summed E-state index contributed by atoms with van der Waals surface area (Å²) >= 11 is 1.22. The zero-order valence-corrected chi connectivity index (χ0v) is 16.7. The van der Waals surface area contributed by atoms with Crippen LogP contribution in [0.2, 0.25) is 0 Å². The van der Waals surface area contributed by atoms with Gasteiger partial charge in [-0.1, -0.05) is 12.1 Å². The van der Waals surface area contributed by atoms with Crippen LogP contribution in [0.25, 0.3) is 5.69 Å². The van der Waals surface area contributed by atoms with E-state index in [1.807, 2.05) is 0 Å². The molecule has 0 saturated heterocycles. The third kappa shape index (κ3) is 4.60. The van der Waals surface area contributed by atoms with Crippen LogP contribution >= 0.6 is 11.8 Å². The Bertz CT molecular complexity index is 1060. The number of anilines is 1. The number of nitrogens with one attached hydrogen (secondary N) is 1. The summed E-state index contributed by atoms with van der Waals surface area (Å²) in [4.78, 5) is 25.2. The summed E-state index contributed by atoms with van der Waals surface area (Å²) in [6, 6.07) is 11.0. The van der Waals surface area contributed by atoms with Crippen molar-refractivity contribution < 1.29 is 18.7 Å². The highest BCUT2D eigenvalue weighted by atomic mass is 32.2. The smallest absolute Gasteiger partial charge is 0.318 e. The predicted molar refractivity (Wildman–Crippen MR) is 106 cm³/mol. The zero-order chi connectivity index (χ0) is 21.0. The normalized spacial score (nSPS) is 11.7. The second kappa shape index (κ2) is 8.82. The third-order valence-corrected chi connectivity index (χ3v) is 5.18. The number of carbonyl (C=O) groups is 2. The summed E-state index contributed by atoms with van der Waals surface area (Å²) in [7, 11) is 1.32. The molecule has 1 unspecified atom stereocenters. The van der Waals surface area contributed by atoms with E-state index in [0.717, 1.165) is 0 Å². The van der Waals surface area contributed by atoms with Crippen LogP contribution in [-0.4, -0.2) is 44.4 Å². The van der Waals surface area contributed by atoms with E-state index in [1.54, 1.807) is 38.1 Å². The predicted octanol–water partition coefficient (Wildman–Crippen LogP) is 3.02. The molecule has 1 N–H and O–H groups in total. The molecule has 0 radical (unpaired) electrons. The van der Waals surface area contributed by atoms with Crippen molar-refractivity contribution in [3.63, 3.8) is 0 Å². The monoisotopic (exact) mass is 415 g/mol. The number of halogens is 1. The number of ether oxygens (including phenoxy) is 1. The van der Waals surface area contributed by atoms with Crippen molar-refractivity contribution in [3.05, 3.63) is 59.7 Å². The number of rotatable bonds is 6. The molecule has 150 valence electrons. The maximum Gasteiger partial charge on any atom is 0.318 e. The Morgan fingerprint density at radius 2 is 2.00 bits per heavy atom. The van der Waals surface area contributed by atoms with E-state index >= 15 is 0 Å². The largest absolute Gasteiger partial charge is 0.468 e. The first-order valence-electron chi connectivity index (χ1n) is 8.60. The first kappa shape index (κ1) is 20.5. The third-order valence-electron chi connectivity index (χ3n) is 4.03. The molecule has 0 bridgehead atoms. The molecular formula is C19H18FN5O3S. The van der Waals surface area contributed by atoms with Crippen molar-refractivity contribution in [1.82, 2.24) is 20.2 Å². The molecule has 1 amide bonds. The molecule has 0 spiro atoms. The number of carbonyl (C=O) groups excluding carboxylic acids is 2. The molecule has 0 fully saturated rings. The fourth-order valence-corrected chi connectivity index (χ4v) is 3.59. The maximum absolute atomic E-state index is 14.2. The number of nitrogens with zero attached hydrogens (tertiary/aromatic N) is 4. The van der Waals surface area contributed by atoms with E-state index in [2.05, 4.69) is 20.8 Å². The number of hydrogen-bond acceptors (Lipinski definition) is 7.